The van der Waals surface area contributed by atoms with Crippen molar-refractivity contribution in [1.82, 2.24) is 24.2 Å². The van der Waals surface area contributed by atoms with Crippen LogP contribution >= 0.6 is 0 Å². The second-order valence-corrected chi connectivity index (χ2v) is 9.70. The van der Waals surface area contributed by atoms with Gasteiger partial charge >= 0.3 is 0 Å². The number of benzene rings is 1. The van der Waals surface area contributed by atoms with Gasteiger partial charge in [-0.3, -0.25) is 9.48 Å². The molecule has 2 unspecified atom stereocenters. The van der Waals surface area contributed by atoms with Gasteiger partial charge in [0.25, 0.3) is 5.91 Å². The fourth-order valence-corrected chi connectivity index (χ4v) is 5.04. The topological polar surface area (TPSA) is 88.4 Å². The molecule has 0 radical (unpaired) electrons. The molecule has 0 N–H and O–H groups in total. The molecule has 0 aliphatic carbocycles. The van der Waals surface area contributed by atoms with E-state index in [0.717, 1.165) is 5.56 Å². The first kappa shape index (κ1) is 21.4. The third-order valence-electron chi connectivity index (χ3n) is 5.03. The van der Waals surface area contributed by atoms with Crippen LogP contribution in [-0.4, -0.2) is 71.4 Å². The van der Waals surface area contributed by atoms with Crippen molar-refractivity contribution in [3.8, 4) is 0 Å². The van der Waals surface area contributed by atoms with Crippen LogP contribution < -0.4 is 0 Å². The summed E-state index contributed by atoms with van der Waals surface area (Å²) >= 11 is 0. The summed E-state index contributed by atoms with van der Waals surface area (Å²) in [6, 6.07) is 6.09. The van der Waals surface area contributed by atoms with Crippen LogP contribution in [0.2, 0.25) is 0 Å². The van der Waals surface area contributed by atoms with E-state index < -0.39 is 22.2 Å². The average molecular weight is 424 g/mol. The summed E-state index contributed by atoms with van der Waals surface area (Å²) in [7, 11) is -0.646. The minimum Gasteiger partial charge on any atom is -0.343 e. The van der Waals surface area contributed by atoms with Crippen LogP contribution in [-0.2, 0) is 16.6 Å². The number of halogens is 1. The Morgan fingerprint density at radius 1 is 1.28 bits per heavy atom. The predicted octanol–water partition coefficient (Wildman–Crippen LogP) is 1.90. The van der Waals surface area contributed by atoms with E-state index in [2.05, 4.69) is 10.3 Å². The maximum atomic E-state index is 14.2. The van der Waals surface area contributed by atoms with Crippen molar-refractivity contribution < 1.29 is 17.6 Å². The summed E-state index contributed by atoms with van der Waals surface area (Å²) in [5, 5.41) is 7.73. The van der Waals surface area contributed by atoms with Gasteiger partial charge in [0, 0.05) is 26.7 Å². The minimum absolute atomic E-state index is 0.0696. The fourth-order valence-electron chi connectivity index (χ4n) is 3.38. The molecule has 158 valence electrons. The highest BCUT2D eigenvalue weighted by Crippen LogP contribution is 2.29. The summed E-state index contributed by atoms with van der Waals surface area (Å²) < 4.78 is 43.0. The van der Waals surface area contributed by atoms with E-state index in [1.54, 1.807) is 38.4 Å². The fraction of sp³-hybridized carbons (Fsp3) is 0.526. The normalized spacial score (nSPS) is 20.3. The molecule has 2 heterocycles. The Labute approximate surface area is 170 Å². The molecule has 1 saturated heterocycles. The number of rotatable bonds is 6. The van der Waals surface area contributed by atoms with Crippen LogP contribution in [0.4, 0.5) is 4.39 Å². The molecular formula is C19H26FN5O3S. The van der Waals surface area contributed by atoms with E-state index in [1.807, 2.05) is 13.8 Å². The molecule has 2 atom stereocenters. The van der Waals surface area contributed by atoms with Gasteiger partial charge in [0.1, 0.15) is 6.17 Å². The molecule has 2 aromatic rings. The quantitative estimate of drug-likeness (QED) is 0.708. The van der Waals surface area contributed by atoms with Gasteiger partial charge < -0.3 is 4.90 Å². The molecular weight excluding hydrogens is 397 g/mol. The highest BCUT2D eigenvalue weighted by molar-refractivity contribution is 7.89. The summed E-state index contributed by atoms with van der Waals surface area (Å²) in [6.45, 7) is 3.98. The van der Waals surface area contributed by atoms with Gasteiger partial charge in [0.15, 0.2) is 5.69 Å². The Balaban J connectivity index is 1.82. The van der Waals surface area contributed by atoms with Crippen molar-refractivity contribution in [3.05, 3.63) is 41.7 Å². The molecule has 1 amide bonds. The van der Waals surface area contributed by atoms with Gasteiger partial charge in [-0.15, -0.1) is 5.10 Å². The monoisotopic (exact) mass is 423 g/mol. The van der Waals surface area contributed by atoms with Crippen LogP contribution in [0.1, 0.15) is 42.2 Å². The zero-order valence-electron chi connectivity index (χ0n) is 17.0. The first-order chi connectivity index (χ1) is 13.6. The van der Waals surface area contributed by atoms with E-state index in [9.17, 15) is 17.6 Å². The van der Waals surface area contributed by atoms with Crippen LogP contribution in [0.3, 0.4) is 0 Å². The standard InChI is InChI=1S/C19H26FN5O3S/c1-13(2)14-5-7-17(8-6-14)29(27,28)25-10-15(20)9-16(25)11-24-12-18(21-22-24)19(26)23(3)4/h5-8,12-13,15-16H,9-11H2,1-4H3. The van der Waals surface area contributed by atoms with Gasteiger partial charge in [-0.1, -0.05) is 31.2 Å². The molecule has 1 aliphatic heterocycles. The number of hydrogen-bond acceptors (Lipinski definition) is 5. The van der Waals surface area contributed by atoms with Crippen molar-refractivity contribution in [2.45, 2.75) is 49.8 Å². The van der Waals surface area contributed by atoms with E-state index in [1.165, 1.54) is 20.1 Å². The predicted molar refractivity (Wildman–Crippen MR) is 106 cm³/mol. The van der Waals surface area contributed by atoms with Crippen LogP contribution in [0.15, 0.2) is 35.4 Å². The van der Waals surface area contributed by atoms with Crippen molar-refractivity contribution in [2.75, 3.05) is 20.6 Å². The van der Waals surface area contributed by atoms with E-state index in [0.29, 0.717) is 0 Å². The van der Waals surface area contributed by atoms with Crippen molar-refractivity contribution in [2.24, 2.45) is 0 Å². The largest absolute Gasteiger partial charge is 0.343 e. The molecule has 29 heavy (non-hydrogen) atoms. The number of sulfonamides is 1. The van der Waals surface area contributed by atoms with Crippen LogP contribution in [0, 0.1) is 0 Å². The Morgan fingerprint density at radius 3 is 2.52 bits per heavy atom. The summed E-state index contributed by atoms with van der Waals surface area (Å²) in [4.78, 5) is 13.5. The van der Waals surface area contributed by atoms with E-state index in [-0.39, 0.29) is 41.9 Å². The Hall–Kier alpha value is -2.33. The third-order valence-corrected chi connectivity index (χ3v) is 6.96. The first-order valence-corrected chi connectivity index (χ1v) is 10.9. The number of carbonyl (C=O) groups excluding carboxylic acids is 1. The maximum absolute atomic E-state index is 14.2. The smallest absolute Gasteiger partial charge is 0.275 e. The van der Waals surface area contributed by atoms with E-state index in [4.69, 9.17) is 0 Å². The molecule has 3 rings (SSSR count). The maximum Gasteiger partial charge on any atom is 0.275 e. The first-order valence-electron chi connectivity index (χ1n) is 9.47. The minimum atomic E-state index is -3.85. The lowest BCUT2D eigenvalue weighted by Crippen LogP contribution is -2.38. The van der Waals surface area contributed by atoms with Gasteiger partial charge in [0.2, 0.25) is 10.0 Å². The molecule has 1 aromatic carbocycles. The van der Waals surface area contributed by atoms with Crippen molar-refractivity contribution in [3.63, 3.8) is 0 Å². The second kappa shape index (κ2) is 8.19. The molecule has 1 aromatic heterocycles. The van der Waals surface area contributed by atoms with Crippen LogP contribution in [0.5, 0.6) is 0 Å². The number of carbonyl (C=O) groups is 1. The molecule has 8 nitrogen and oxygen atoms in total. The van der Waals surface area contributed by atoms with E-state index >= 15 is 0 Å². The Morgan fingerprint density at radius 2 is 1.93 bits per heavy atom. The highest BCUT2D eigenvalue weighted by atomic mass is 32.2. The summed E-state index contributed by atoms with van der Waals surface area (Å²) in [6.07, 6.45) is 0.270. The molecule has 0 saturated carbocycles. The number of nitrogens with zero attached hydrogens (tertiary/aromatic N) is 5. The number of aromatic nitrogens is 3. The zero-order valence-corrected chi connectivity index (χ0v) is 17.8. The van der Waals surface area contributed by atoms with Crippen LogP contribution in [0.25, 0.3) is 0 Å². The molecule has 10 heteroatoms. The van der Waals surface area contributed by atoms with Crippen molar-refractivity contribution in [1.29, 1.82) is 0 Å². The summed E-state index contributed by atoms with van der Waals surface area (Å²) in [5.41, 5.74) is 1.19. The highest BCUT2D eigenvalue weighted by Gasteiger charge is 2.40. The lowest BCUT2D eigenvalue weighted by molar-refractivity contribution is 0.0822. The third kappa shape index (κ3) is 4.48. The Bertz CT molecular complexity index is 972. The van der Waals surface area contributed by atoms with Gasteiger partial charge in [-0.25, -0.2) is 12.8 Å². The molecule has 0 spiro atoms. The van der Waals surface area contributed by atoms with Gasteiger partial charge in [-0.05, 0) is 30.0 Å². The SMILES string of the molecule is CC(C)c1ccc(S(=O)(=O)N2CC(F)CC2Cn2cc(C(=O)N(C)C)nn2)cc1. The van der Waals surface area contributed by atoms with Crippen molar-refractivity contribution >= 4 is 15.9 Å². The molecule has 1 aliphatic rings. The molecule has 0 bridgehead atoms. The number of alkyl halides is 1. The number of amides is 1. The lowest BCUT2D eigenvalue weighted by atomic mass is 10.0. The van der Waals surface area contributed by atoms with Gasteiger partial charge in [0.05, 0.1) is 17.6 Å². The van der Waals surface area contributed by atoms with Gasteiger partial charge in [-0.2, -0.15) is 4.31 Å². The number of hydrogen-bond donors (Lipinski definition) is 0. The second-order valence-electron chi connectivity index (χ2n) is 7.81. The average Bonchev–Trinajstić information content (AvgIpc) is 3.28. The summed E-state index contributed by atoms with van der Waals surface area (Å²) in [5.74, 6) is -0.0198. The Kier molecular flexibility index (Phi) is 6.04. The lowest BCUT2D eigenvalue weighted by Gasteiger charge is -2.23. The molecule has 1 fully saturated rings. The zero-order chi connectivity index (χ0) is 21.3.